The van der Waals surface area contributed by atoms with Crippen LogP contribution in [0.4, 0.5) is 5.82 Å². The first kappa shape index (κ1) is 23.2. The second-order valence-corrected chi connectivity index (χ2v) is 11.3. The van der Waals surface area contributed by atoms with Gasteiger partial charge < -0.3 is 15.6 Å². The van der Waals surface area contributed by atoms with Gasteiger partial charge in [-0.05, 0) is 49.4 Å². The molecule has 1 saturated heterocycles. The Balaban J connectivity index is 1.31. The number of carbonyl (C=O) groups excluding carboxylic acids is 2. The molecule has 3 heterocycles. The molecule has 2 aromatic heterocycles. The van der Waals surface area contributed by atoms with E-state index in [-0.39, 0.29) is 5.78 Å². The van der Waals surface area contributed by atoms with Crippen molar-refractivity contribution < 1.29 is 9.59 Å². The minimum Gasteiger partial charge on any atom is -0.366 e. The largest absolute Gasteiger partial charge is 0.366 e. The summed E-state index contributed by atoms with van der Waals surface area (Å²) >= 11 is 0. The van der Waals surface area contributed by atoms with Crippen LogP contribution in [-0.2, 0) is 5.41 Å². The van der Waals surface area contributed by atoms with Crippen LogP contribution in [0.1, 0.15) is 90.4 Å². The number of hydrogen-bond acceptors (Lipinski definition) is 5. The van der Waals surface area contributed by atoms with Gasteiger partial charge in [0.2, 0.25) is 5.91 Å². The van der Waals surface area contributed by atoms with Crippen LogP contribution in [0.15, 0.2) is 30.5 Å². The first-order chi connectivity index (χ1) is 17.2. The molecular weight excluding hydrogens is 450 g/mol. The summed E-state index contributed by atoms with van der Waals surface area (Å²) in [6.07, 6.45) is 8.34. The number of carbonyl (C=O) groups is 2. The molecule has 0 bridgehead atoms. The Kier molecular flexibility index (Phi) is 5.27. The second kappa shape index (κ2) is 8.17. The summed E-state index contributed by atoms with van der Waals surface area (Å²) in [5.74, 6) is 0.445. The molecule has 0 atom stereocenters. The maximum Gasteiger partial charge on any atom is 0.248 e. The number of aromatic amines is 1. The lowest BCUT2D eigenvalue weighted by Gasteiger charge is -2.53. The Morgan fingerprint density at radius 1 is 1.14 bits per heavy atom. The highest BCUT2D eigenvalue weighted by molar-refractivity contribution is 6.20. The number of hydrogen-bond donors (Lipinski definition) is 2. The van der Waals surface area contributed by atoms with Crippen LogP contribution in [0.3, 0.4) is 0 Å². The molecule has 2 fully saturated rings. The fourth-order valence-electron chi connectivity index (χ4n) is 6.82. The van der Waals surface area contributed by atoms with Gasteiger partial charge in [0, 0.05) is 71.1 Å². The fourth-order valence-corrected chi connectivity index (χ4v) is 6.82. The quantitative estimate of drug-likeness (QED) is 0.559. The number of rotatable bonds is 5. The van der Waals surface area contributed by atoms with Gasteiger partial charge in [-0.15, -0.1) is 0 Å². The van der Waals surface area contributed by atoms with Gasteiger partial charge >= 0.3 is 0 Å². The van der Waals surface area contributed by atoms with Gasteiger partial charge in [-0.1, -0.05) is 33.3 Å². The summed E-state index contributed by atoms with van der Waals surface area (Å²) in [7, 11) is 0. The Morgan fingerprint density at radius 2 is 1.89 bits per heavy atom. The molecule has 1 aromatic carbocycles. The number of nitrogens with two attached hydrogens (primary N) is 1. The third-order valence-corrected chi connectivity index (χ3v) is 9.02. The zero-order valence-corrected chi connectivity index (χ0v) is 21.5. The Hall–Kier alpha value is -3.19. The van der Waals surface area contributed by atoms with E-state index in [1.165, 1.54) is 32.1 Å². The SMILES string of the molecule is CCCC1(N2CCN(c3cc4c(cn3)C(=O)c3c([nH]c5cc(C(N)=O)ccc35)C4(C)C)CC2)CCC1. The van der Waals surface area contributed by atoms with E-state index in [9.17, 15) is 9.59 Å². The first-order valence-corrected chi connectivity index (χ1v) is 13.3. The molecule has 3 aromatic rings. The van der Waals surface area contributed by atoms with Gasteiger partial charge in [0.15, 0.2) is 5.78 Å². The zero-order valence-electron chi connectivity index (χ0n) is 21.5. The number of amides is 1. The minimum absolute atomic E-state index is 0.0206. The number of primary amides is 1. The highest BCUT2D eigenvalue weighted by Crippen LogP contribution is 2.45. The number of aromatic nitrogens is 2. The highest BCUT2D eigenvalue weighted by Gasteiger charge is 2.43. The lowest BCUT2D eigenvalue weighted by Crippen LogP contribution is -2.60. The maximum absolute atomic E-state index is 13.7. The van der Waals surface area contributed by atoms with Crippen molar-refractivity contribution >= 4 is 28.4 Å². The summed E-state index contributed by atoms with van der Waals surface area (Å²) in [5, 5.41) is 0.816. The first-order valence-electron chi connectivity index (χ1n) is 13.3. The van der Waals surface area contributed by atoms with Gasteiger partial charge in [-0.25, -0.2) is 4.98 Å². The molecule has 3 aliphatic rings. The molecule has 2 aliphatic carbocycles. The molecule has 7 nitrogen and oxygen atoms in total. The molecule has 0 spiro atoms. The number of H-pyrrole nitrogens is 1. The number of benzene rings is 1. The number of nitrogens with one attached hydrogen (secondary N) is 1. The van der Waals surface area contributed by atoms with Crippen LogP contribution in [0, 0.1) is 0 Å². The highest BCUT2D eigenvalue weighted by atomic mass is 16.1. The summed E-state index contributed by atoms with van der Waals surface area (Å²) in [4.78, 5) is 38.7. The number of anilines is 1. The average molecular weight is 486 g/mol. The second-order valence-electron chi connectivity index (χ2n) is 11.3. The topological polar surface area (TPSA) is 95.3 Å². The zero-order chi connectivity index (χ0) is 25.2. The van der Waals surface area contributed by atoms with Gasteiger partial charge in [0.1, 0.15) is 5.82 Å². The van der Waals surface area contributed by atoms with E-state index < -0.39 is 11.3 Å². The monoisotopic (exact) mass is 485 g/mol. The number of ketones is 1. The molecular formula is C29H35N5O2. The van der Waals surface area contributed by atoms with Crippen molar-refractivity contribution in [3.05, 3.63) is 58.4 Å². The van der Waals surface area contributed by atoms with E-state index >= 15 is 0 Å². The number of fused-ring (bicyclic) bond motifs is 4. The van der Waals surface area contributed by atoms with Gasteiger partial charge in [-0.2, -0.15) is 0 Å². The lowest BCUT2D eigenvalue weighted by molar-refractivity contribution is 0.00371. The molecule has 7 heteroatoms. The predicted octanol–water partition coefficient (Wildman–Crippen LogP) is 4.38. The van der Waals surface area contributed by atoms with Crippen molar-refractivity contribution in [1.82, 2.24) is 14.9 Å². The van der Waals surface area contributed by atoms with Crippen molar-refractivity contribution in [2.45, 2.75) is 63.8 Å². The van der Waals surface area contributed by atoms with Crippen LogP contribution in [0.2, 0.25) is 0 Å². The van der Waals surface area contributed by atoms with Crippen LogP contribution < -0.4 is 10.6 Å². The van der Waals surface area contributed by atoms with Crippen molar-refractivity contribution in [3.8, 4) is 0 Å². The average Bonchev–Trinajstić information content (AvgIpc) is 3.25. The van der Waals surface area contributed by atoms with Crippen molar-refractivity contribution in [3.63, 3.8) is 0 Å². The van der Waals surface area contributed by atoms with Gasteiger partial charge in [-0.3, -0.25) is 14.5 Å². The lowest BCUT2D eigenvalue weighted by atomic mass is 9.71. The fraction of sp³-hybridized carbons (Fsp3) is 0.483. The predicted molar refractivity (Wildman–Crippen MR) is 142 cm³/mol. The van der Waals surface area contributed by atoms with Crippen LogP contribution >= 0.6 is 0 Å². The van der Waals surface area contributed by atoms with Crippen LogP contribution in [-0.4, -0.2) is 58.3 Å². The Bertz CT molecular complexity index is 1380. The van der Waals surface area contributed by atoms with E-state index in [0.29, 0.717) is 22.2 Å². The van der Waals surface area contributed by atoms with E-state index in [0.717, 1.165) is 54.2 Å². The van der Waals surface area contributed by atoms with E-state index in [1.54, 1.807) is 18.3 Å². The number of piperazine rings is 1. The summed E-state index contributed by atoms with van der Waals surface area (Å²) in [5.41, 5.74) is 9.89. The molecule has 1 amide bonds. The minimum atomic E-state index is -0.481. The van der Waals surface area contributed by atoms with Gasteiger partial charge in [0.05, 0.1) is 5.56 Å². The molecule has 0 radical (unpaired) electrons. The molecule has 1 aliphatic heterocycles. The normalized spacial score (nSPS) is 20.6. The third-order valence-electron chi connectivity index (χ3n) is 9.02. The number of nitrogens with zero attached hydrogens (tertiary/aromatic N) is 3. The molecule has 36 heavy (non-hydrogen) atoms. The molecule has 1 saturated carbocycles. The van der Waals surface area contributed by atoms with Gasteiger partial charge in [0.25, 0.3) is 0 Å². The number of pyridine rings is 1. The maximum atomic E-state index is 13.7. The summed E-state index contributed by atoms with van der Waals surface area (Å²) < 4.78 is 0. The molecule has 0 unspecified atom stereocenters. The van der Waals surface area contributed by atoms with Crippen molar-refractivity contribution in [2.24, 2.45) is 5.73 Å². The van der Waals surface area contributed by atoms with Crippen LogP contribution in [0.5, 0.6) is 0 Å². The Morgan fingerprint density at radius 3 is 2.53 bits per heavy atom. The van der Waals surface area contributed by atoms with E-state index in [1.807, 2.05) is 6.07 Å². The Labute approximate surface area is 212 Å². The van der Waals surface area contributed by atoms with E-state index in [4.69, 9.17) is 10.7 Å². The third kappa shape index (κ3) is 3.32. The summed E-state index contributed by atoms with van der Waals surface area (Å²) in [6.45, 7) is 10.6. The molecule has 6 rings (SSSR count). The molecule has 188 valence electrons. The summed E-state index contributed by atoms with van der Waals surface area (Å²) in [6, 6.07) is 7.36. The molecule has 3 N–H and O–H groups in total. The van der Waals surface area contributed by atoms with Crippen molar-refractivity contribution in [2.75, 3.05) is 31.1 Å². The van der Waals surface area contributed by atoms with E-state index in [2.05, 4.69) is 41.6 Å². The standard InChI is InChI=1S/C29H35N5O2/c1-4-8-29(9-5-10-29)34-13-11-33(12-14-34)23-16-21-20(17-31-23)25(35)24-19-7-6-18(27(30)36)15-22(19)32-26(24)28(21,2)3/h6-7,15-17,32H,4-5,8-14H2,1-3H3,(H2,30,36). The van der Waals surface area contributed by atoms with Crippen molar-refractivity contribution in [1.29, 1.82) is 0 Å². The smallest absolute Gasteiger partial charge is 0.248 e. The van der Waals surface area contributed by atoms with Crippen LogP contribution in [0.25, 0.3) is 10.9 Å².